The maximum Gasteiger partial charge on any atom is 0.149 e. The van der Waals surface area contributed by atoms with Crippen LogP contribution in [-0.2, 0) is 0 Å². The van der Waals surface area contributed by atoms with Crippen molar-refractivity contribution in [3.05, 3.63) is 145 Å². The number of imidazole rings is 1. The molecule has 234 valence electrons. The van der Waals surface area contributed by atoms with Crippen molar-refractivity contribution in [2.75, 3.05) is 0 Å². The first kappa shape index (κ1) is 29.6. The molecule has 6 aromatic carbocycles. The van der Waals surface area contributed by atoms with E-state index < -0.39 is 0 Å². The van der Waals surface area contributed by atoms with Gasteiger partial charge in [0.1, 0.15) is 11.6 Å². The van der Waals surface area contributed by atoms with Crippen LogP contribution in [0.3, 0.4) is 0 Å². The first-order valence-corrected chi connectivity index (χ1v) is 16.7. The molecule has 2 aromatic heterocycles. The number of fused-ring (bicyclic) bond motifs is 3. The summed E-state index contributed by atoms with van der Waals surface area (Å²) < 4.78 is 2.28. The van der Waals surface area contributed by atoms with Crippen molar-refractivity contribution < 1.29 is 5.11 Å². The predicted octanol–water partition coefficient (Wildman–Crippen LogP) is 11.7. The lowest BCUT2D eigenvalue weighted by atomic mass is 9.92. The second-order valence-corrected chi connectivity index (χ2v) is 13.2. The Morgan fingerprint density at radius 3 is 1.98 bits per heavy atom. The molecule has 0 bridgehead atoms. The van der Waals surface area contributed by atoms with Gasteiger partial charge in [0.25, 0.3) is 0 Å². The Morgan fingerprint density at radius 1 is 0.583 bits per heavy atom. The third-order valence-electron chi connectivity index (χ3n) is 9.50. The van der Waals surface area contributed by atoms with E-state index in [1.54, 1.807) is 6.07 Å². The van der Waals surface area contributed by atoms with Crippen LogP contribution in [0.4, 0.5) is 0 Å². The van der Waals surface area contributed by atoms with Crippen molar-refractivity contribution in [3.63, 3.8) is 0 Å². The molecule has 2 heterocycles. The lowest BCUT2D eigenvalue weighted by Gasteiger charge is -2.22. The van der Waals surface area contributed by atoms with Crippen molar-refractivity contribution in [2.45, 2.75) is 39.5 Å². The highest BCUT2D eigenvalue weighted by atomic mass is 16.3. The topological polar surface area (TPSA) is 50.9 Å². The zero-order valence-electron chi connectivity index (χ0n) is 27.6. The first-order chi connectivity index (χ1) is 23.4. The molecule has 48 heavy (non-hydrogen) atoms. The quantitative estimate of drug-likeness (QED) is 0.200. The fourth-order valence-electron chi connectivity index (χ4n) is 7.17. The molecule has 8 aromatic rings. The third kappa shape index (κ3) is 4.84. The van der Waals surface area contributed by atoms with Crippen LogP contribution in [0.2, 0.25) is 0 Å². The Kier molecular flexibility index (Phi) is 7.29. The average Bonchev–Trinajstić information content (AvgIpc) is 3.50. The number of rotatable bonds is 6. The number of para-hydroxylation sites is 3. The van der Waals surface area contributed by atoms with Gasteiger partial charge in [-0.25, -0.2) is 4.98 Å². The lowest BCUT2D eigenvalue weighted by Crippen LogP contribution is -2.08. The molecule has 4 nitrogen and oxygen atoms in total. The second-order valence-electron chi connectivity index (χ2n) is 13.2. The second kappa shape index (κ2) is 11.8. The zero-order chi connectivity index (χ0) is 32.9. The summed E-state index contributed by atoms with van der Waals surface area (Å²) in [6.07, 6.45) is 1.90. The number of aromatic hydroxyl groups is 1. The van der Waals surface area contributed by atoms with E-state index in [4.69, 9.17) is 9.97 Å². The van der Waals surface area contributed by atoms with Gasteiger partial charge in [0.2, 0.25) is 0 Å². The summed E-state index contributed by atoms with van der Waals surface area (Å²) in [5.41, 5.74) is 10.4. The van der Waals surface area contributed by atoms with Crippen LogP contribution in [0.25, 0.3) is 72.0 Å². The summed E-state index contributed by atoms with van der Waals surface area (Å²) in [5.74, 6) is 1.50. The Hall–Kier alpha value is -5.74. The molecule has 1 N–H and O–H groups in total. The van der Waals surface area contributed by atoms with Gasteiger partial charge < -0.3 is 5.11 Å². The Morgan fingerprint density at radius 2 is 1.23 bits per heavy atom. The molecular formula is C44H37N3O. The van der Waals surface area contributed by atoms with E-state index in [9.17, 15) is 5.11 Å². The van der Waals surface area contributed by atoms with Gasteiger partial charge in [0.15, 0.2) is 0 Å². The largest absolute Gasteiger partial charge is 0.507 e. The van der Waals surface area contributed by atoms with Crippen LogP contribution < -0.4 is 0 Å². The van der Waals surface area contributed by atoms with Crippen molar-refractivity contribution in [3.8, 4) is 45.2 Å². The van der Waals surface area contributed by atoms with Crippen LogP contribution in [0.1, 0.15) is 50.7 Å². The summed E-state index contributed by atoms with van der Waals surface area (Å²) in [5, 5.41) is 15.8. The fraction of sp³-hybridized carbons (Fsp3) is 0.136. The maximum atomic E-state index is 11.2. The molecule has 0 aliphatic carbocycles. The van der Waals surface area contributed by atoms with Gasteiger partial charge in [-0.05, 0) is 81.1 Å². The normalized spacial score (nSPS) is 11.8. The van der Waals surface area contributed by atoms with E-state index in [1.807, 2.05) is 24.4 Å². The number of phenolic OH excluding ortho intramolecular Hbond substituents is 1. The summed E-state index contributed by atoms with van der Waals surface area (Å²) in [7, 11) is 0. The smallest absolute Gasteiger partial charge is 0.149 e. The molecule has 4 heteroatoms. The number of phenols is 1. The zero-order valence-corrected chi connectivity index (χ0v) is 27.6. The Labute approximate surface area is 281 Å². The Bertz CT molecular complexity index is 2460. The van der Waals surface area contributed by atoms with E-state index in [-0.39, 0.29) is 17.6 Å². The minimum absolute atomic E-state index is 0.207. The van der Waals surface area contributed by atoms with Crippen LogP contribution in [0.5, 0.6) is 5.75 Å². The summed E-state index contributed by atoms with van der Waals surface area (Å²) in [6, 6.07) is 44.2. The summed E-state index contributed by atoms with van der Waals surface area (Å²) >= 11 is 0. The minimum atomic E-state index is 0.207. The molecule has 0 aliphatic rings. The highest BCUT2D eigenvalue weighted by Crippen LogP contribution is 2.43. The minimum Gasteiger partial charge on any atom is -0.507 e. The molecule has 0 saturated carbocycles. The number of hydrogen-bond donors (Lipinski definition) is 1. The lowest BCUT2D eigenvalue weighted by molar-refractivity contribution is 0.477. The highest BCUT2D eigenvalue weighted by molar-refractivity contribution is 6.07. The highest BCUT2D eigenvalue weighted by Gasteiger charge is 2.25. The maximum absolute atomic E-state index is 11.2. The van der Waals surface area contributed by atoms with Crippen LogP contribution in [-0.4, -0.2) is 19.6 Å². The van der Waals surface area contributed by atoms with E-state index >= 15 is 0 Å². The van der Waals surface area contributed by atoms with Gasteiger partial charge in [-0.15, -0.1) is 0 Å². The van der Waals surface area contributed by atoms with Crippen LogP contribution in [0.15, 0.2) is 134 Å². The van der Waals surface area contributed by atoms with Gasteiger partial charge in [-0.2, -0.15) is 0 Å². The van der Waals surface area contributed by atoms with Crippen molar-refractivity contribution in [1.29, 1.82) is 0 Å². The van der Waals surface area contributed by atoms with E-state index in [1.165, 1.54) is 11.1 Å². The van der Waals surface area contributed by atoms with E-state index in [0.29, 0.717) is 5.56 Å². The monoisotopic (exact) mass is 623 g/mol. The molecule has 0 spiro atoms. The predicted molar refractivity (Wildman–Crippen MR) is 200 cm³/mol. The number of benzene rings is 6. The molecule has 0 unspecified atom stereocenters. The molecule has 0 saturated heterocycles. The SMILES string of the molecule is CC(C)c1cccc(C(C)C)c1-n1c(-c2ccccc2O)nc2c(-c3cc(-c4nccc5ccccc45)c4ccccc4c3)cccc21. The van der Waals surface area contributed by atoms with Gasteiger partial charge in [0.05, 0.1) is 28.0 Å². The molecule has 0 amide bonds. The van der Waals surface area contributed by atoms with Gasteiger partial charge in [0, 0.05) is 22.7 Å². The molecular weight excluding hydrogens is 587 g/mol. The molecule has 0 aliphatic heterocycles. The van der Waals surface area contributed by atoms with Gasteiger partial charge >= 0.3 is 0 Å². The average molecular weight is 624 g/mol. The van der Waals surface area contributed by atoms with E-state index in [2.05, 4.69) is 135 Å². The van der Waals surface area contributed by atoms with Crippen LogP contribution >= 0.6 is 0 Å². The summed E-state index contributed by atoms with van der Waals surface area (Å²) in [4.78, 5) is 10.4. The number of hydrogen-bond acceptors (Lipinski definition) is 3. The van der Waals surface area contributed by atoms with Crippen LogP contribution in [0, 0.1) is 0 Å². The van der Waals surface area contributed by atoms with Crippen molar-refractivity contribution in [2.24, 2.45) is 0 Å². The standard InChI is InChI=1S/C44H37N3O/c1-27(2)32-18-11-19-33(28(3)4)43(32)47-39-21-12-20-36(42(39)46-44(47)37-17-9-10-22-40(37)48)31-25-30-14-6-7-15-34(30)38(26-31)41-35-16-8-5-13-29(35)23-24-45-41/h5-28,48H,1-4H3. The number of pyridine rings is 1. The first-order valence-electron chi connectivity index (χ1n) is 16.7. The number of aromatic nitrogens is 3. The van der Waals surface area contributed by atoms with Crippen molar-refractivity contribution >= 4 is 32.6 Å². The van der Waals surface area contributed by atoms with Crippen molar-refractivity contribution in [1.82, 2.24) is 14.5 Å². The molecule has 8 rings (SSSR count). The third-order valence-corrected chi connectivity index (χ3v) is 9.50. The number of nitrogens with zero attached hydrogens (tertiary/aromatic N) is 3. The molecule has 0 radical (unpaired) electrons. The summed E-state index contributed by atoms with van der Waals surface area (Å²) in [6.45, 7) is 8.96. The molecule has 0 fully saturated rings. The molecule has 0 atom stereocenters. The van der Waals surface area contributed by atoms with Gasteiger partial charge in [-0.1, -0.05) is 119 Å². The Balaban J connectivity index is 1.47. The van der Waals surface area contributed by atoms with Gasteiger partial charge in [-0.3, -0.25) is 9.55 Å². The fourth-order valence-corrected chi connectivity index (χ4v) is 7.17. The van der Waals surface area contributed by atoms with E-state index in [0.717, 1.165) is 66.5 Å².